The minimum Gasteiger partial charge on any atom is -0.378 e. The van der Waals surface area contributed by atoms with Crippen LogP contribution in [0.5, 0.6) is 0 Å². The molecule has 1 atom stereocenters. The van der Waals surface area contributed by atoms with Gasteiger partial charge in [0, 0.05) is 35.1 Å². The quantitative estimate of drug-likeness (QED) is 0.771. The summed E-state index contributed by atoms with van der Waals surface area (Å²) in [5.74, 6) is -0.0308. The average Bonchev–Trinajstić information content (AvgIpc) is 2.65. The zero-order valence-electron chi connectivity index (χ0n) is 15.3. The van der Waals surface area contributed by atoms with Gasteiger partial charge in [-0.2, -0.15) is 0 Å². The van der Waals surface area contributed by atoms with Gasteiger partial charge < -0.3 is 19.9 Å². The van der Waals surface area contributed by atoms with E-state index in [9.17, 15) is 4.79 Å². The van der Waals surface area contributed by atoms with Crippen LogP contribution in [0.25, 0.3) is 0 Å². The largest absolute Gasteiger partial charge is 0.378 e. The second kappa shape index (κ2) is 9.42. The van der Waals surface area contributed by atoms with Crippen LogP contribution in [0.2, 0.25) is 10.0 Å². The molecule has 1 fully saturated rings. The fourth-order valence-corrected chi connectivity index (χ4v) is 3.58. The van der Waals surface area contributed by atoms with Crippen LogP contribution in [-0.4, -0.2) is 45.8 Å². The zero-order chi connectivity index (χ0) is 19.2. The molecule has 0 spiro atoms. The Labute approximate surface area is 169 Å². The summed E-state index contributed by atoms with van der Waals surface area (Å²) in [4.78, 5) is 15.6. The van der Waals surface area contributed by atoms with Crippen molar-refractivity contribution in [2.24, 2.45) is 0 Å². The van der Waals surface area contributed by atoms with E-state index < -0.39 is 0 Å². The first-order valence-electron chi connectivity index (χ1n) is 8.99. The normalized spacial score (nSPS) is 15.4. The first-order chi connectivity index (χ1) is 13.0. The van der Waals surface area contributed by atoms with Gasteiger partial charge in [0.2, 0.25) is 0 Å². The summed E-state index contributed by atoms with van der Waals surface area (Å²) in [6.07, 6.45) is 0. The number of rotatable bonds is 6. The highest BCUT2D eigenvalue weighted by Gasteiger charge is 2.14. The van der Waals surface area contributed by atoms with E-state index in [1.54, 1.807) is 6.07 Å². The van der Waals surface area contributed by atoms with Crippen LogP contribution in [0.1, 0.15) is 5.56 Å². The summed E-state index contributed by atoms with van der Waals surface area (Å²) in [6.45, 7) is 4.31. The van der Waals surface area contributed by atoms with Crippen molar-refractivity contribution in [1.82, 2.24) is 0 Å². The van der Waals surface area contributed by atoms with Crippen LogP contribution in [0.4, 0.5) is 11.4 Å². The van der Waals surface area contributed by atoms with Gasteiger partial charge in [0.05, 0.1) is 25.3 Å². The summed E-state index contributed by atoms with van der Waals surface area (Å²) < 4.78 is 5.37. The van der Waals surface area contributed by atoms with Gasteiger partial charge >= 0.3 is 0 Å². The van der Waals surface area contributed by atoms with E-state index in [1.165, 1.54) is 0 Å². The molecule has 0 bridgehead atoms. The fourth-order valence-electron chi connectivity index (χ4n) is 3.11. The predicted octanol–water partition coefficient (Wildman–Crippen LogP) is 2.48. The Morgan fingerprint density at radius 3 is 2.52 bits per heavy atom. The number of benzene rings is 2. The standard InChI is InChI=1S/C20H23Cl2N3O2/c1-24(13-15-2-3-16(21)12-19(15)22)14-20(26)23-17-4-6-18(7-5-17)25-8-10-27-11-9-25/h2-7,12H,8-11,13-14H2,1H3,(H,23,26)/p+1. The van der Waals surface area contributed by atoms with E-state index in [-0.39, 0.29) is 5.91 Å². The maximum absolute atomic E-state index is 12.3. The first-order valence-corrected chi connectivity index (χ1v) is 9.75. The lowest BCUT2D eigenvalue weighted by Crippen LogP contribution is -3.08. The van der Waals surface area contributed by atoms with Gasteiger partial charge in [-0.15, -0.1) is 0 Å². The van der Waals surface area contributed by atoms with E-state index in [0.717, 1.165) is 48.1 Å². The van der Waals surface area contributed by atoms with Gasteiger partial charge in [0.1, 0.15) is 6.54 Å². The molecule has 0 aromatic heterocycles. The number of ether oxygens (including phenoxy) is 1. The molecule has 5 nitrogen and oxygen atoms in total. The lowest BCUT2D eigenvalue weighted by molar-refractivity contribution is -0.885. The molecule has 7 heteroatoms. The number of carbonyl (C=O) groups is 1. The minimum absolute atomic E-state index is 0.0308. The number of nitrogens with one attached hydrogen (secondary N) is 2. The van der Waals surface area contributed by atoms with Gasteiger partial charge in [0.25, 0.3) is 5.91 Å². The number of likely N-dealkylation sites (N-methyl/N-ethyl adjacent to an activating group) is 1. The Morgan fingerprint density at radius 2 is 1.85 bits per heavy atom. The number of hydrogen-bond acceptors (Lipinski definition) is 3. The van der Waals surface area contributed by atoms with E-state index >= 15 is 0 Å². The Kier molecular flexibility index (Phi) is 6.96. The molecule has 1 amide bonds. The second-order valence-corrected chi connectivity index (χ2v) is 7.58. The van der Waals surface area contributed by atoms with Crippen LogP contribution in [0.3, 0.4) is 0 Å². The first kappa shape index (κ1) is 20.0. The van der Waals surface area contributed by atoms with Crippen LogP contribution in [-0.2, 0) is 16.1 Å². The maximum atomic E-state index is 12.3. The van der Waals surface area contributed by atoms with Crippen LogP contribution in [0, 0.1) is 0 Å². The summed E-state index contributed by atoms with van der Waals surface area (Å²) >= 11 is 12.1. The summed E-state index contributed by atoms with van der Waals surface area (Å²) in [5.41, 5.74) is 2.92. The van der Waals surface area contributed by atoms with Crippen molar-refractivity contribution in [3.05, 3.63) is 58.1 Å². The minimum atomic E-state index is -0.0308. The number of amides is 1. The molecule has 2 aromatic carbocycles. The topological polar surface area (TPSA) is 46.0 Å². The highest BCUT2D eigenvalue weighted by atomic mass is 35.5. The number of halogens is 2. The molecule has 144 valence electrons. The van der Waals surface area contributed by atoms with Crippen molar-refractivity contribution in [2.75, 3.05) is 50.1 Å². The molecule has 0 radical (unpaired) electrons. The van der Waals surface area contributed by atoms with Crippen LogP contribution >= 0.6 is 23.2 Å². The van der Waals surface area contributed by atoms with Crippen molar-refractivity contribution >= 4 is 40.5 Å². The Bertz CT molecular complexity index is 777. The molecule has 27 heavy (non-hydrogen) atoms. The molecular weight excluding hydrogens is 385 g/mol. The zero-order valence-corrected chi connectivity index (χ0v) is 16.8. The van der Waals surface area contributed by atoms with E-state index in [0.29, 0.717) is 23.1 Å². The van der Waals surface area contributed by atoms with Gasteiger partial charge in [-0.05, 0) is 36.4 Å². The SMILES string of the molecule is C[NH+](CC(=O)Nc1ccc(N2CCOCC2)cc1)Cc1ccc(Cl)cc1Cl. The molecular formula is C20H24Cl2N3O2+. The van der Waals surface area contributed by atoms with E-state index in [1.807, 2.05) is 43.4 Å². The molecule has 1 unspecified atom stereocenters. The Balaban J connectivity index is 1.50. The van der Waals surface area contributed by atoms with Crippen molar-refractivity contribution < 1.29 is 14.4 Å². The molecule has 0 saturated carbocycles. The summed E-state index contributed by atoms with van der Waals surface area (Å²) in [6, 6.07) is 13.4. The van der Waals surface area contributed by atoms with Gasteiger partial charge in [0.15, 0.2) is 6.54 Å². The molecule has 3 rings (SSSR count). The molecule has 1 aliphatic heterocycles. The average molecular weight is 409 g/mol. The van der Waals surface area contributed by atoms with Crippen molar-refractivity contribution in [3.8, 4) is 0 Å². The maximum Gasteiger partial charge on any atom is 0.279 e. The molecule has 1 heterocycles. The highest BCUT2D eigenvalue weighted by molar-refractivity contribution is 6.35. The van der Waals surface area contributed by atoms with Crippen molar-refractivity contribution in [2.45, 2.75) is 6.54 Å². The number of morpholine rings is 1. The molecule has 1 saturated heterocycles. The van der Waals surface area contributed by atoms with E-state index in [2.05, 4.69) is 10.2 Å². The molecule has 1 aliphatic rings. The van der Waals surface area contributed by atoms with Gasteiger partial charge in [-0.25, -0.2) is 0 Å². The van der Waals surface area contributed by atoms with Gasteiger partial charge in [-0.1, -0.05) is 29.3 Å². The second-order valence-electron chi connectivity index (χ2n) is 6.74. The third-order valence-corrected chi connectivity index (χ3v) is 5.08. The monoisotopic (exact) mass is 408 g/mol. The summed E-state index contributed by atoms with van der Waals surface area (Å²) in [7, 11) is 1.96. The highest BCUT2D eigenvalue weighted by Crippen LogP contribution is 2.20. The van der Waals surface area contributed by atoms with Crippen molar-refractivity contribution in [3.63, 3.8) is 0 Å². The third-order valence-electron chi connectivity index (χ3n) is 4.50. The summed E-state index contributed by atoms with van der Waals surface area (Å²) in [5, 5.41) is 4.19. The molecule has 2 aromatic rings. The van der Waals surface area contributed by atoms with E-state index in [4.69, 9.17) is 27.9 Å². The number of anilines is 2. The number of nitrogens with zero attached hydrogens (tertiary/aromatic N) is 1. The number of hydrogen-bond donors (Lipinski definition) is 2. The Morgan fingerprint density at radius 1 is 1.15 bits per heavy atom. The number of carbonyl (C=O) groups excluding carboxylic acids is 1. The molecule has 0 aliphatic carbocycles. The third kappa shape index (κ3) is 5.84. The number of quaternary nitrogens is 1. The lowest BCUT2D eigenvalue weighted by atomic mass is 10.2. The smallest absolute Gasteiger partial charge is 0.279 e. The fraction of sp³-hybridized carbons (Fsp3) is 0.350. The van der Waals surface area contributed by atoms with Gasteiger partial charge in [-0.3, -0.25) is 4.79 Å². The van der Waals surface area contributed by atoms with Crippen LogP contribution < -0.4 is 15.1 Å². The Hall–Kier alpha value is -1.79. The molecule has 2 N–H and O–H groups in total. The lowest BCUT2D eigenvalue weighted by Gasteiger charge is -2.28. The van der Waals surface area contributed by atoms with Crippen molar-refractivity contribution in [1.29, 1.82) is 0 Å². The predicted molar refractivity (Wildman–Crippen MR) is 110 cm³/mol. The van der Waals surface area contributed by atoms with Crippen LogP contribution in [0.15, 0.2) is 42.5 Å².